The van der Waals surface area contributed by atoms with Crippen LogP contribution in [0.2, 0.25) is 0 Å². The quantitative estimate of drug-likeness (QED) is 0.798. The van der Waals surface area contributed by atoms with Crippen molar-refractivity contribution in [2.75, 3.05) is 7.11 Å². The lowest BCUT2D eigenvalue weighted by Crippen LogP contribution is -2.28. The second-order valence-electron chi connectivity index (χ2n) is 6.21. The Hall–Kier alpha value is -3.08. The van der Waals surface area contributed by atoms with Crippen LogP contribution in [-0.2, 0) is 0 Å². The molecule has 5 heteroatoms. The van der Waals surface area contributed by atoms with Crippen LogP contribution in [0.5, 0.6) is 5.75 Å². The molecule has 1 N–H and O–H groups in total. The third-order valence-electron chi connectivity index (χ3n) is 4.43. The minimum Gasteiger partial charge on any atom is -0.497 e. The summed E-state index contributed by atoms with van der Waals surface area (Å²) in [6, 6.07) is 14.7. The van der Waals surface area contributed by atoms with Crippen molar-refractivity contribution in [3.63, 3.8) is 0 Å². The number of carbonyl (C=O) groups is 1. The van der Waals surface area contributed by atoms with Crippen molar-refractivity contribution in [3.05, 3.63) is 70.6 Å². The first-order chi connectivity index (χ1) is 12.2. The average Bonchev–Trinajstić information content (AvgIpc) is 3.46. The van der Waals surface area contributed by atoms with Gasteiger partial charge in [-0.2, -0.15) is 0 Å². The summed E-state index contributed by atoms with van der Waals surface area (Å²) < 4.78 is 6.68. The van der Waals surface area contributed by atoms with Crippen molar-refractivity contribution in [3.8, 4) is 11.4 Å². The highest BCUT2D eigenvalue weighted by Crippen LogP contribution is 2.22. The molecular weight excluding hydrogens is 316 g/mol. The second kappa shape index (κ2) is 6.09. The molecule has 1 heterocycles. The van der Waals surface area contributed by atoms with Crippen LogP contribution in [0.1, 0.15) is 23.2 Å². The van der Waals surface area contributed by atoms with E-state index in [4.69, 9.17) is 4.74 Å². The fourth-order valence-corrected chi connectivity index (χ4v) is 2.90. The maximum absolute atomic E-state index is 12.9. The zero-order chi connectivity index (χ0) is 17.4. The van der Waals surface area contributed by atoms with Crippen molar-refractivity contribution in [2.24, 2.45) is 0 Å². The molecule has 1 saturated carbocycles. The van der Waals surface area contributed by atoms with E-state index in [0.29, 0.717) is 27.8 Å². The molecular formula is C20H18N2O3. The van der Waals surface area contributed by atoms with E-state index >= 15 is 0 Å². The molecule has 1 aromatic heterocycles. The third-order valence-corrected chi connectivity index (χ3v) is 4.43. The molecule has 2 aromatic carbocycles. The standard InChI is InChI=1S/C20H18N2O3/c1-25-15-10-8-14(9-11-15)22-12-18(19(23)21-13-6-7-13)16-4-2-3-5-17(16)20(22)24/h2-5,8-13H,6-7H2,1H3,(H,21,23). The number of pyridine rings is 1. The van der Waals surface area contributed by atoms with E-state index in [1.165, 1.54) is 4.57 Å². The number of aromatic nitrogens is 1. The number of nitrogens with zero attached hydrogens (tertiary/aromatic N) is 1. The van der Waals surface area contributed by atoms with E-state index in [1.54, 1.807) is 43.6 Å². The molecule has 1 amide bonds. The lowest BCUT2D eigenvalue weighted by Gasteiger charge is -2.13. The molecule has 5 nitrogen and oxygen atoms in total. The van der Waals surface area contributed by atoms with Gasteiger partial charge < -0.3 is 10.1 Å². The maximum Gasteiger partial charge on any atom is 0.262 e. The van der Waals surface area contributed by atoms with Crippen LogP contribution >= 0.6 is 0 Å². The number of amides is 1. The summed E-state index contributed by atoms with van der Waals surface area (Å²) in [6.07, 6.45) is 3.66. The van der Waals surface area contributed by atoms with Crippen molar-refractivity contribution in [2.45, 2.75) is 18.9 Å². The Labute approximate surface area is 144 Å². The highest BCUT2D eigenvalue weighted by atomic mass is 16.5. The molecule has 0 bridgehead atoms. The van der Waals surface area contributed by atoms with Gasteiger partial charge in [-0.15, -0.1) is 0 Å². The van der Waals surface area contributed by atoms with Gasteiger partial charge in [-0.25, -0.2) is 0 Å². The van der Waals surface area contributed by atoms with Gasteiger partial charge in [0.2, 0.25) is 0 Å². The molecule has 0 unspecified atom stereocenters. The Morgan fingerprint density at radius 3 is 2.40 bits per heavy atom. The topological polar surface area (TPSA) is 60.3 Å². The van der Waals surface area contributed by atoms with Gasteiger partial charge in [0.25, 0.3) is 11.5 Å². The maximum atomic E-state index is 12.9. The van der Waals surface area contributed by atoms with Crippen LogP contribution in [0.25, 0.3) is 16.5 Å². The van der Waals surface area contributed by atoms with Crippen molar-refractivity contribution in [1.82, 2.24) is 9.88 Å². The van der Waals surface area contributed by atoms with Gasteiger partial charge in [-0.05, 0) is 43.2 Å². The number of carbonyl (C=O) groups excluding carboxylic acids is 1. The molecule has 1 aliphatic carbocycles. The average molecular weight is 334 g/mol. The molecule has 0 aliphatic heterocycles. The molecule has 1 aliphatic rings. The molecule has 4 rings (SSSR count). The summed E-state index contributed by atoms with van der Waals surface area (Å²) in [5.74, 6) is 0.574. The minimum atomic E-state index is -0.149. The predicted octanol–water partition coefficient (Wildman–Crippen LogP) is 2.89. The zero-order valence-electron chi connectivity index (χ0n) is 13.9. The molecule has 0 atom stereocenters. The van der Waals surface area contributed by atoms with E-state index in [1.807, 2.05) is 18.2 Å². The van der Waals surface area contributed by atoms with Crippen molar-refractivity contribution in [1.29, 1.82) is 0 Å². The Bertz CT molecular complexity index is 1000. The highest BCUT2D eigenvalue weighted by Gasteiger charge is 2.25. The molecule has 0 radical (unpaired) electrons. The van der Waals surface area contributed by atoms with Gasteiger partial charge in [-0.1, -0.05) is 18.2 Å². The first-order valence-corrected chi connectivity index (χ1v) is 8.27. The normalized spacial score (nSPS) is 13.6. The van der Waals surface area contributed by atoms with E-state index < -0.39 is 0 Å². The molecule has 3 aromatic rings. The van der Waals surface area contributed by atoms with Gasteiger partial charge in [-0.3, -0.25) is 14.2 Å². The summed E-state index contributed by atoms with van der Waals surface area (Å²) >= 11 is 0. The van der Waals surface area contributed by atoms with Gasteiger partial charge in [0.05, 0.1) is 12.7 Å². The largest absolute Gasteiger partial charge is 0.497 e. The van der Waals surface area contributed by atoms with E-state index in [0.717, 1.165) is 12.8 Å². The summed E-state index contributed by atoms with van der Waals surface area (Å²) in [6.45, 7) is 0. The number of ether oxygens (including phenoxy) is 1. The molecule has 126 valence electrons. The van der Waals surface area contributed by atoms with Gasteiger partial charge >= 0.3 is 0 Å². The number of methoxy groups -OCH3 is 1. The van der Waals surface area contributed by atoms with E-state index in [-0.39, 0.29) is 17.5 Å². The van der Waals surface area contributed by atoms with Gasteiger partial charge in [0.15, 0.2) is 0 Å². The van der Waals surface area contributed by atoms with Crippen LogP contribution in [-0.4, -0.2) is 23.6 Å². The van der Waals surface area contributed by atoms with Crippen LogP contribution < -0.4 is 15.6 Å². The summed E-state index contributed by atoms with van der Waals surface area (Å²) in [5.41, 5.74) is 1.05. The predicted molar refractivity (Wildman–Crippen MR) is 96.6 cm³/mol. The number of benzene rings is 2. The number of hydrogen-bond donors (Lipinski definition) is 1. The minimum absolute atomic E-state index is 0.138. The Kier molecular flexibility index (Phi) is 3.76. The van der Waals surface area contributed by atoms with Crippen LogP contribution in [0.3, 0.4) is 0 Å². The Morgan fingerprint density at radius 2 is 1.76 bits per heavy atom. The summed E-state index contributed by atoms with van der Waals surface area (Å²) in [4.78, 5) is 25.6. The Balaban J connectivity index is 1.89. The molecule has 25 heavy (non-hydrogen) atoms. The fraction of sp³-hybridized carbons (Fsp3) is 0.200. The molecule has 0 saturated heterocycles. The van der Waals surface area contributed by atoms with Crippen LogP contribution in [0.4, 0.5) is 0 Å². The van der Waals surface area contributed by atoms with Gasteiger partial charge in [0, 0.05) is 28.7 Å². The monoisotopic (exact) mass is 334 g/mol. The number of hydrogen-bond acceptors (Lipinski definition) is 3. The number of fused-ring (bicyclic) bond motifs is 1. The van der Waals surface area contributed by atoms with E-state index in [2.05, 4.69) is 5.32 Å². The first-order valence-electron chi connectivity index (χ1n) is 8.27. The lowest BCUT2D eigenvalue weighted by molar-refractivity contribution is 0.0952. The highest BCUT2D eigenvalue weighted by molar-refractivity contribution is 6.06. The number of rotatable bonds is 4. The number of nitrogens with one attached hydrogen (secondary N) is 1. The first kappa shape index (κ1) is 15.4. The fourth-order valence-electron chi connectivity index (χ4n) is 2.90. The molecule has 0 spiro atoms. The van der Waals surface area contributed by atoms with Gasteiger partial charge in [0.1, 0.15) is 5.75 Å². The van der Waals surface area contributed by atoms with Crippen LogP contribution in [0.15, 0.2) is 59.5 Å². The van der Waals surface area contributed by atoms with Crippen molar-refractivity contribution >= 4 is 16.7 Å². The zero-order valence-corrected chi connectivity index (χ0v) is 13.9. The molecule has 1 fully saturated rings. The summed E-state index contributed by atoms with van der Waals surface area (Å²) in [7, 11) is 1.59. The lowest BCUT2D eigenvalue weighted by atomic mass is 10.1. The summed E-state index contributed by atoms with van der Waals surface area (Å²) in [5, 5.41) is 4.21. The smallest absolute Gasteiger partial charge is 0.262 e. The van der Waals surface area contributed by atoms with E-state index in [9.17, 15) is 9.59 Å². The third kappa shape index (κ3) is 2.89. The second-order valence-corrected chi connectivity index (χ2v) is 6.21. The SMILES string of the molecule is COc1ccc(-n2cc(C(=O)NC3CC3)c3ccccc3c2=O)cc1. The van der Waals surface area contributed by atoms with Crippen molar-refractivity contribution < 1.29 is 9.53 Å². The Morgan fingerprint density at radius 1 is 1.08 bits per heavy atom. The van der Waals surface area contributed by atoms with Crippen LogP contribution in [0, 0.1) is 0 Å².